The monoisotopic (exact) mass is 199 g/mol. The molecule has 0 radical (unpaired) electrons. The van der Waals surface area contributed by atoms with Crippen molar-refractivity contribution < 1.29 is 4.79 Å². The van der Waals surface area contributed by atoms with E-state index in [1.807, 2.05) is 4.90 Å². The van der Waals surface area contributed by atoms with Crippen LogP contribution in [0.4, 0.5) is 0 Å². The molecule has 4 nitrogen and oxygen atoms in total. The Hall–Kier alpha value is -0.610. The smallest absolute Gasteiger partial charge is 0.242 e. The molecule has 1 fully saturated rings. The van der Waals surface area contributed by atoms with Crippen LogP contribution in [0.25, 0.3) is 0 Å². The highest BCUT2D eigenvalue weighted by molar-refractivity contribution is 5.85. The summed E-state index contributed by atoms with van der Waals surface area (Å²) >= 11 is 0. The molecule has 1 heterocycles. The lowest BCUT2D eigenvalue weighted by atomic mass is 10.0. The van der Waals surface area contributed by atoms with Crippen LogP contribution < -0.4 is 5.73 Å². The highest BCUT2D eigenvalue weighted by Crippen LogP contribution is 2.11. The number of carbonyl (C=O) groups is 1. The molecule has 0 saturated carbocycles. The van der Waals surface area contributed by atoms with E-state index >= 15 is 0 Å². The molecule has 0 bridgehead atoms. The summed E-state index contributed by atoms with van der Waals surface area (Å²) in [4.78, 5) is 16.0. The molecule has 0 aromatic heterocycles. The summed E-state index contributed by atoms with van der Waals surface area (Å²) in [6, 6.07) is 0.426. The second kappa shape index (κ2) is 3.87. The minimum Gasteiger partial charge on any atom is -0.338 e. The Kier molecular flexibility index (Phi) is 3.17. The van der Waals surface area contributed by atoms with Crippen LogP contribution in [0.1, 0.15) is 20.8 Å². The molecule has 2 N–H and O–H groups in total. The van der Waals surface area contributed by atoms with Gasteiger partial charge in [-0.15, -0.1) is 0 Å². The Morgan fingerprint density at radius 2 is 2.00 bits per heavy atom. The SMILES string of the molecule is CC1CN(C(=O)C(C)(C)N)CCN1C. The molecule has 1 aliphatic heterocycles. The largest absolute Gasteiger partial charge is 0.338 e. The normalized spacial score (nSPS) is 25.2. The van der Waals surface area contributed by atoms with Crippen LogP contribution in [0.3, 0.4) is 0 Å². The van der Waals surface area contributed by atoms with Gasteiger partial charge < -0.3 is 15.5 Å². The van der Waals surface area contributed by atoms with E-state index in [4.69, 9.17) is 5.73 Å². The van der Waals surface area contributed by atoms with Gasteiger partial charge in [0.25, 0.3) is 0 Å². The van der Waals surface area contributed by atoms with Crippen molar-refractivity contribution in [1.29, 1.82) is 0 Å². The summed E-state index contributed by atoms with van der Waals surface area (Å²) in [5, 5.41) is 0. The number of nitrogens with zero attached hydrogens (tertiary/aromatic N) is 2. The van der Waals surface area contributed by atoms with E-state index in [2.05, 4.69) is 18.9 Å². The maximum absolute atomic E-state index is 11.9. The number of likely N-dealkylation sites (N-methyl/N-ethyl adjacent to an activating group) is 1. The predicted octanol–water partition coefficient (Wildman–Crippen LogP) is -0.114. The minimum absolute atomic E-state index is 0.0532. The average Bonchev–Trinajstić information content (AvgIpc) is 2.07. The number of rotatable bonds is 1. The summed E-state index contributed by atoms with van der Waals surface area (Å²) in [7, 11) is 2.08. The van der Waals surface area contributed by atoms with Gasteiger partial charge in [0.15, 0.2) is 0 Å². The number of piperazine rings is 1. The maximum atomic E-state index is 11.9. The zero-order valence-corrected chi connectivity index (χ0v) is 9.58. The Balaban J connectivity index is 2.59. The summed E-state index contributed by atoms with van der Waals surface area (Å²) in [5.74, 6) is 0.0532. The number of nitrogens with two attached hydrogens (primary N) is 1. The number of hydrogen-bond donors (Lipinski definition) is 1. The van der Waals surface area contributed by atoms with Gasteiger partial charge in [0.05, 0.1) is 5.54 Å². The van der Waals surface area contributed by atoms with E-state index in [1.165, 1.54) is 0 Å². The van der Waals surface area contributed by atoms with Crippen molar-refractivity contribution in [3.8, 4) is 0 Å². The van der Waals surface area contributed by atoms with Crippen molar-refractivity contribution in [3.63, 3.8) is 0 Å². The molecule has 1 rings (SSSR count). The average molecular weight is 199 g/mol. The van der Waals surface area contributed by atoms with Crippen LogP contribution in [0.5, 0.6) is 0 Å². The van der Waals surface area contributed by atoms with Crippen molar-refractivity contribution in [2.45, 2.75) is 32.4 Å². The van der Waals surface area contributed by atoms with Gasteiger partial charge in [0.1, 0.15) is 0 Å². The van der Waals surface area contributed by atoms with Crippen LogP contribution >= 0.6 is 0 Å². The maximum Gasteiger partial charge on any atom is 0.242 e. The van der Waals surface area contributed by atoms with Crippen molar-refractivity contribution in [1.82, 2.24) is 9.80 Å². The summed E-state index contributed by atoms with van der Waals surface area (Å²) in [6.07, 6.45) is 0. The van der Waals surface area contributed by atoms with E-state index in [-0.39, 0.29) is 5.91 Å². The zero-order chi connectivity index (χ0) is 10.9. The standard InChI is InChI=1S/C10H21N3O/c1-8-7-13(6-5-12(8)4)9(14)10(2,3)11/h8H,5-7,11H2,1-4H3. The molecule has 0 aromatic carbocycles. The Morgan fingerprint density at radius 3 is 2.43 bits per heavy atom. The van der Waals surface area contributed by atoms with Gasteiger partial charge in [-0.1, -0.05) is 0 Å². The first-order valence-corrected chi connectivity index (χ1v) is 5.11. The lowest BCUT2D eigenvalue weighted by Gasteiger charge is -2.40. The van der Waals surface area contributed by atoms with Gasteiger partial charge in [-0.2, -0.15) is 0 Å². The van der Waals surface area contributed by atoms with Gasteiger partial charge in [-0.05, 0) is 27.8 Å². The summed E-state index contributed by atoms with van der Waals surface area (Å²) in [6.45, 7) is 8.17. The van der Waals surface area contributed by atoms with E-state index in [1.54, 1.807) is 13.8 Å². The third-order valence-electron chi connectivity index (χ3n) is 2.80. The van der Waals surface area contributed by atoms with Gasteiger partial charge in [-0.25, -0.2) is 0 Å². The number of amides is 1. The number of hydrogen-bond acceptors (Lipinski definition) is 3. The van der Waals surface area contributed by atoms with Crippen LogP contribution in [-0.4, -0.2) is 54.0 Å². The molecule has 82 valence electrons. The molecule has 14 heavy (non-hydrogen) atoms. The van der Waals surface area contributed by atoms with Gasteiger partial charge in [0, 0.05) is 25.7 Å². The summed E-state index contributed by atoms with van der Waals surface area (Å²) in [5.41, 5.74) is 5.04. The Labute approximate surface area is 86.0 Å². The van der Waals surface area contributed by atoms with E-state index in [9.17, 15) is 4.79 Å². The summed E-state index contributed by atoms with van der Waals surface area (Å²) < 4.78 is 0. The molecule has 0 aliphatic carbocycles. The molecule has 1 aliphatic rings. The third-order valence-corrected chi connectivity index (χ3v) is 2.80. The Bertz CT molecular complexity index is 222. The topological polar surface area (TPSA) is 49.6 Å². The van der Waals surface area contributed by atoms with Gasteiger partial charge >= 0.3 is 0 Å². The zero-order valence-electron chi connectivity index (χ0n) is 9.58. The molecule has 1 unspecified atom stereocenters. The van der Waals surface area contributed by atoms with Crippen molar-refractivity contribution in [3.05, 3.63) is 0 Å². The van der Waals surface area contributed by atoms with Crippen LogP contribution in [-0.2, 0) is 4.79 Å². The van der Waals surface area contributed by atoms with Gasteiger partial charge in [0.2, 0.25) is 5.91 Å². The molecule has 1 saturated heterocycles. The predicted molar refractivity (Wildman–Crippen MR) is 56.9 cm³/mol. The molecule has 0 aromatic rings. The first-order valence-electron chi connectivity index (χ1n) is 5.11. The van der Waals surface area contributed by atoms with Crippen LogP contribution in [0.2, 0.25) is 0 Å². The quantitative estimate of drug-likeness (QED) is 0.641. The molecular weight excluding hydrogens is 178 g/mol. The lowest BCUT2D eigenvalue weighted by Crippen LogP contribution is -2.58. The fraction of sp³-hybridized carbons (Fsp3) is 0.900. The molecule has 1 atom stereocenters. The molecular formula is C10H21N3O. The highest BCUT2D eigenvalue weighted by Gasteiger charge is 2.31. The lowest BCUT2D eigenvalue weighted by molar-refractivity contribution is -0.138. The second-order valence-corrected chi connectivity index (χ2v) is 4.80. The Morgan fingerprint density at radius 1 is 1.43 bits per heavy atom. The van der Waals surface area contributed by atoms with Gasteiger partial charge in [-0.3, -0.25) is 4.79 Å². The first-order chi connectivity index (χ1) is 6.32. The van der Waals surface area contributed by atoms with E-state index in [0.717, 1.165) is 19.6 Å². The highest BCUT2D eigenvalue weighted by atomic mass is 16.2. The van der Waals surface area contributed by atoms with Crippen molar-refractivity contribution >= 4 is 5.91 Å². The second-order valence-electron chi connectivity index (χ2n) is 4.80. The van der Waals surface area contributed by atoms with E-state index < -0.39 is 5.54 Å². The molecule has 1 amide bonds. The number of carbonyl (C=O) groups excluding carboxylic acids is 1. The minimum atomic E-state index is -0.740. The van der Waals surface area contributed by atoms with Crippen molar-refractivity contribution in [2.75, 3.05) is 26.7 Å². The third kappa shape index (κ3) is 2.45. The van der Waals surface area contributed by atoms with Crippen LogP contribution in [0, 0.1) is 0 Å². The first kappa shape index (κ1) is 11.5. The van der Waals surface area contributed by atoms with Crippen molar-refractivity contribution in [2.24, 2.45) is 5.73 Å². The molecule has 4 heteroatoms. The van der Waals surface area contributed by atoms with Crippen LogP contribution in [0.15, 0.2) is 0 Å². The fourth-order valence-electron chi connectivity index (χ4n) is 1.64. The van der Waals surface area contributed by atoms with E-state index in [0.29, 0.717) is 6.04 Å². The molecule has 0 spiro atoms. The fourth-order valence-corrected chi connectivity index (χ4v) is 1.64.